The summed E-state index contributed by atoms with van der Waals surface area (Å²) >= 11 is 0. The summed E-state index contributed by atoms with van der Waals surface area (Å²) in [7, 11) is 2.81. The largest absolute Gasteiger partial charge is 0.466 e. The van der Waals surface area contributed by atoms with Gasteiger partial charge in [-0.15, -0.1) is 0 Å². The summed E-state index contributed by atoms with van der Waals surface area (Å²) in [6, 6.07) is 17.6. The number of carbonyl (C=O) groups is 11. The number of aldehydes is 1. The molecule has 2 aliphatic rings. The SMILES string of the molecule is C=CC(=O)OCCCCOC.C=CC(=O)OCCCCOC(=O)CCC(=O)OCCc1ccc(OC(=O)C2CCC(C(=O)Oc3ccc(OC(=O)C4CCC(C(=O)Oc5ccc(CCOC(=O)CCC=O)cc5)CC4)cc3C(=O)OC)CC2)cc1. The van der Waals surface area contributed by atoms with E-state index in [2.05, 4.69) is 13.2 Å². The third kappa shape index (κ3) is 26.7. The van der Waals surface area contributed by atoms with E-state index in [4.69, 9.17) is 52.1 Å². The van der Waals surface area contributed by atoms with Gasteiger partial charge in [0.05, 0.1) is 83.1 Å². The molecule has 0 N–H and O–H groups in total. The van der Waals surface area contributed by atoms with Crippen LogP contribution in [0.1, 0.15) is 124 Å². The molecule has 0 amide bonds. The van der Waals surface area contributed by atoms with Gasteiger partial charge in [0.25, 0.3) is 0 Å². The lowest BCUT2D eigenvalue weighted by Gasteiger charge is -2.26. The van der Waals surface area contributed by atoms with E-state index in [1.165, 1.54) is 18.2 Å². The molecule has 85 heavy (non-hydrogen) atoms. The highest BCUT2D eigenvalue weighted by atomic mass is 16.6. The van der Waals surface area contributed by atoms with Gasteiger partial charge in [0.15, 0.2) is 0 Å². The Labute approximate surface area is 494 Å². The van der Waals surface area contributed by atoms with E-state index >= 15 is 0 Å². The second-order valence-corrected chi connectivity index (χ2v) is 19.7. The number of esters is 10. The maximum atomic E-state index is 13.3. The topological polar surface area (TPSA) is 289 Å². The number of benzene rings is 3. The molecule has 3 aromatic rings. The van der Waals surface area contributed by atoms with Gasteiger partial charge < -0.3 is 56.9 Å². The molecule has 460 valence electrons. The Kier molecular flexibility index (Phi) is 31.7. The van der Waals surface area contributed by atoms with Crippen LogP contribution in [0.2, 0.25) is 0 Å². The molecule has 0 saturated heterocycles. The first-order chi connectivity index (χ1) is 41.0. The third-order valence-electron chi connectivity index (χ3n) is 13.5. The van der Waals surface area contributed by atoms with Crippen LogP contribution in [0.25, 0.3) is 0 Å². The van der Waals surface area contributed by atoms with Gasteiger partial charge in [-0.1, -0.05) is 37.4 Å². The van der Waals surface area contributed by atoms with Gasteiger partial charge in [-0.3, -0.25) is 33.6 Å². The van der Waals surface area contributed by atoms with Gasteiger partial charge in [-0.2, -0.15) is 0 Å². The Balaban J connectivity index is 0.00000127. The van der Waals surface area contributed by atoms with E-state index in [1.807, 2.05) is 0 Å². The second-order valence-electron chi connectivity index (χ2n) is 19.7. The normalized spacial score (nSPS) is 16.0. The van der Waals surface area contributed by atoms with E-state index in [0.717, 1.165) is 43.2 Å². The molecule has 2 fully saturated rings. The van der Waals surface area contributed by atoms with E-state index in [1.54, 1.807) is 55.6 Å². The van der Waals surface area contributed by atoms with Crippen molar-refractivity contribution in [2.75, 3.05) is 53.9 Å². The smallest absolute Gasteiger partial charge is 0.341 e. The number of unbranched alkanes of at least 4 members (excludes halogenated alkanes) is 2. The third-order valence-corrected chi connectivity index (χ3v) is 13.5. The molecule has 0 heterocycles. The van der Waals surface area contributed by atoms with Crippen LogP contribution < -0.4 is 18.9 Å². The monoisotopic (exact) mass is 1180 g/mol. The highest BCUT2D eigenvalue weighted by molar-refractivity contribution is 5.94. The van der Waals surface area contributed by atoms with E-state index in [9.17, 15) is 52.7 Å². The van der Waals surface area contributed by atoms with Crippen molar-refractivity contribution in [1.29, 1.82) is 0 Å². The van der Waals surface area contributed by atoms with Crippen molar-refractivity contribution >= 4 is 66.0 Å². The number of methoxy groups -OCH3 is 2. The average Bonchev–Trinajstić information content (AvgIpc) is 3.66. The van der Waals surface area contributed by atoms with E-state index in [-0.39, 0.29) is 75.1 Å². The van der Waals surface area contributed by atoms with Crippen LogP contribution >= 0.6 is 0 Å². The predicted molar refractivity (Wildman–Crippen MR) is 302 cm³/mol. The number of hydrogen-bond acceptors (Lipinski definition) is 22. The first kappa shape index (κ1) is 69.0. The molecule has 3 aromatic carbocycles. The fourth-order valence-corrected chi connectivity index (χ4v) is 8.66. The van der Waals surface area contributed by atoms with Crippen molar-refractivity contribution in [2.45, 2.75) is 116 Å². The standard InChI is InChI=1S/C55H62O19.C8H14O3/c1-3-47(57)67-31-4-5-32-68-49(59)26-27-50(60)70-34-29-37-10-22-43(23-11-37)72-52(62)39-16-18-41(19-17-39)54(64)74-46-25-24-44(35-45(46)55(65)66-2)73-53(63)40-14-12-38(13-15-40)51(61)71-42-20-8-36(9-21-42)28-33-69-48(58)7-6-30-56;1-3-8(9)11-7-5-4-6-10-2/h3,8-11,20-25,30,35,38-41H,1,4-7,12-19,26-29,31-34H2,2H3;3H,1,4-7H2,2H3. The van der Waals surface area contributed by atoms with Crippen molar-refractivity contribution in [2.24, 2.45) is 23.7 Å². The molecular formula is C63H76O22. The molecule has 0 aromatic heterocycles. The predicted octanol–water partition coefficient (Wildman–Crippen LogP) is 8.23. The first-order valence-electron chi connectivity index (χ1n) is 28.3. The Morgan fingerprint density at radius 1 is 0.447 bits per heavy atom. The van der Waals surface area contributed by atoms with Gasteiger partial charge in [0, 0.05) is 45.1 Å². The molecule has 0 bridgehead atoms. The second kappa shape index (κ2) is 39.1. The zero-order chi connectivity index (χ0) is 61.8. The average molecular weight is 1190 g/mol. The van der Waals surface area contributed by atoms with E-state index < -0.39 is 77.4 Å². The van der Waals surface area contributed by atoms with Crippen LogP contribution in [0, 0.1) is 23.7 Å². The molecule has 5 rings (SSSR count). The van der Waals surface area contributed by atoms with E-state index in [0.29, 0.717) is 108 Å². The first-order valence-corrected chi connectivity index (χ1v) is 28.3. The highest BCUT2D eigenvalue weighted by Gasteiger charge is 2.35. The summed E-state index contributed by atoms with van der Waals surface area (Å²) in [5, 5.41) is 0. The van der Waals surface area contributed by atoms with Gasteiger partial charge in [-0.05, 0) is 131 Å². The number of hydrogen-bond donors (Lipinski definition) is 0. The number of ether oxygens (including phenoxy) is 11. The number of carbonyl (C=O) groups excluding carboxylic acids is 11. The lowest BCUT2D eigenvalue weighted by Crippen LogP contribution is -2.31. The Hall–Kier alpha value is -8.53. The molecule has 2 aliphatic carbocycles. The zero-order valence-corrected chi connectivity index (χ0v) is 48.3. The Bertz CT molecular complexity index is 2700. The van der Waals surface area contributed by atoms with Crippen LogP contribution in [0.3, 0.4) is 0 Å². The highest BCUT2D eigenvalue weighted by Crippen LogP contribution is 2.35. The molecule has 0 spiro atoms. The molecule has 2 saturated carbocycles. The molecule has 22 nitrogen and oxygen atoms in total. The van der Waals surface area contributed by atoms with Crippen LogP contribution in [-0.4, -0.2) is 120 Å². The summed E-state index contributed by atoms with van der Waals surface area (Å²) < 4.78 is 57.2. The summed E-state index contributed by atoms with van der Waals surface area (Å²) in [4.78, 5) is 133. The van der Waals surface area contributed by atoms with Crippen molar-refractivity contribution in [1.82, 2.24) is 0 Å². The van der Waals surface area contributed by atoms with Crippen LogP contribution in [-0.2, 0) is 93.9 Å². The minimum atomic E-state index is -0.821. The zero-order valence-electron chi connectivity index (χ0n) is 48.3. The van der Waals surface area contributed by atoms with Gasteiger partial charge in [0.1, 0.15) is 34.8 Å². The van der Waals surface area contributed by atoms with Crippen LogP contribution in [0.15, 0.2) is 92.0 Å². The minimum absolute atomic E-state index is 0.0373. The van der Waals surface area contributed by atoms with Crippen LogP contribution in [0.5, 0.6) is 23.0 Å². The van der Waals surface area contributed by atoms with Crippen molar-refractivity contribution in [3.8, 4) is 23.0 Å². The molecule has 22 heteroatoms. The quantitative estimate of drug-likeness (QED) is 0.0138. The number of rotatable bonds is 33. The fraction of sp³-hybridized carbons (Fsp3) is 0.476. The minimum Gasteiger partial charge on any atom is -0.466 e. The molecule has 0 aliphatic heterocycles. The molecule has 0 unspecified atom stereocenters. The summed E-state index contributed by atoms with van der Waals surface area (Å²) in [6.45, 7) is 8.32. The van der Waals surface area contributed by atoms with Gasteiger partial charge in [0.2, 0.25) is 0 Å². The summed E-state index contributed by atoms with van der Waals surface area (Å²) in [6.07, 6.45) is 9.31. The maximum absolute atomic E-state index is 13.3. The summed E-state index contributed by atoms with van der Waals surface area (Å²) in [5.41, 5.74) is 1.56. The Morgan fingerprint density at radius 3 is 1.21 bits per heavy atom. The molecule has 0 radical (unpaired) electrons. The van der Waals surface area contributed by atoms with Crippen molar-refractivity contribution in [3.63, 3.8) is 0 Å². The van der Waals surface area contributed by atoms with Gasteiger partial charge >= 0.3 is 59.7 Å². The molecule has 0 atom stereocenters. The fourth-order valence-electron chi connectivity index (χ4n) is 8.66. The van der Waals surface area contributed by atoms with Crippen molar-refractivity contribution in [3.05, 3.63) is 109 Å². The lowest BCUT2D eigenvalue weighted by molar-refractivity contribution is -0.150. The maximum Gasteiger partial charge on any atom is 0.341 e. The molecular weight excluding hydrogens is 1110 g/mol. The van der Waals surface area contributed by atoms with Gasteiger partial charge in [-0.25, -0.2) is 14.4 Å². The lowest BCUT2D eigenvalue weighted by atomic mass is 9.82. The van der Waals surface area contributed by atoms with Crippen LogP contribution in [0.4, 0.5) is 0 Å². The van der Waals surface area contributed by atoms with Crippen molar-refractivity contribution < 1.29 is 105 Å². The summed E-state index contributed by atoms with van der Waals surface area (Å²) in [5.74, 6) is -6.54. The Morgan fingerprint density at radius 2 is 0.812 bits per heavy atom.